The van der Waals surface area contributed by atoms with Crippen LogP contribution >= 0.6 is 0 Å². The van der Waals surface area contributed by atoms with Gasteiger partial charge in [-0.1, -0.05) is 150 Å². The Labute approximate surface area is 248 Å². The molecule has 0 aromatic heterocycles. The fourth-order valence-corrected chi connectivity index (χ4v) is 4.13. The van der Waals surface area contributed by atoms with E-state index < -0.39 is 11.9 Å². The lowest BCUT2D eigenvalue weighted by molar-refractivity contribution is -0.144. The van der Waals surface area contributed by atoms with E-state index in [9.17, 15) is 14.4 Å². The first kappa shape index (κ1) is 42.9. The van der Waals surface area contributed by atoms with Crippen molar-refractivity contribution in [3.63, 3.8) is 0 Å². The van der Waals surface area contributed by atoms with Crippen molar-refractivity contribution >= 4 is 17.9 Å². The van der Waals surface area contributed by atoms with E-state index in [1.165, 1.54) is 109 Å². The summed E-state index contributed by atoms with van der Waals surface area (Å²) < 4.78 is 5.25. The van der Waals surface area contributed by atoms with Gasteiger partial charge in [0.25, 0.3) is 0 Å². The minimum Gasteiger partial charge on any atom is -0.481 e. The van der Waals surface area contributed by atoms with Gasteiger partial charge in [-0.25, -0.2) is 0 Å². The molecule has 0 fully saturated rings. The molecule has 0 aliphatic heterocycles. The molecule has 0 atom stereocenters. The summed E-state index contributed by atoms with van der Waals surface area (Å²) in [6.45, 7) is 9.38. The molecule has 6 heteroatoms. The Balaban J connectivity index is -0.000000573. The highest BCUT2D eigenvalue weighted by Crippen LogP contribution is 2.10. The summed E-state index contributed by atoms with van der Waals surface area (Å²) in [6.07, 6.45) is 28.6. The Morgan fingerprint density at radius 2 is 0.675 bits per heavy atom. The van der Waals surface area contributed by atoms with Gasteiger partial charge in [0.1, 0.15) is 0 Å². The lowest BCUT2D eigenvalue weighted by Gasteiger charge is -2.05. The van der Waals surface area contributed by atoms with Crippen LogP contribution in [0.25, 0.3) is 0 Å². The molecule has 6 nitrogen and oxygen atoms in total. The molecule has 0 aliphatic carbocycles. The molecule has 0 amide bonds. The van der Waals surface area contributed by atoms with Crippen molar-refractivity contribution in [2.24, 2.45) is 0 Å². The lowest BCUT2D eigenvalue weighted by Crippen LogP contribution is -2.05. The van der Waals surface area contributed by atoms with E-state index >= 15 is 0 Å². The van der Waals surface area contributed by atoms with Crippen LogP contribution in [0.5, 0.6) is 0 Å². The summed E-state index contributed by atoms with van der Waals surface area (Å²) in [5.41, 5.74) is 0. The van der Waals surface area contributed by atoms with Gasteiger partial charge in [0, 0.05) is 19.3 Å². The predicted octanol–water partition coefficient (Wildman–Crippen LogP) is 10.9. The van der Waals surface area contributed by atoms with Crippen molar-refractivity contribution in [2.45, 2.75) is 195 Å². The third-order valence-corrected chi connectivity index (χ3v) is 6.73. The molecule has 0 saturated heterocycles. The number of rotatable bonds is 27. The number of carbonyl (C=O) groups excluding carboxylic acids is 1. The van der Waals surface area contributed by atoms with Gasteiger partial charge in [-0.3, -0.25) is 14.4 Å². The molecule has 0 aromatic carbocycles. The average molecular weight is 573 g/mol. The van der Waals surface area contributed by atoms with Crippen molar-refractivity contribution in [1.29, 1.82) is 0 Å². The monoisotopic (exact) mass is 573 g/mol. The highest BCUT2D eigenvalue weighted by Gasteiger charge is 2.02. The van der Waals surface area contributed by atoms with Crippen LogP contribution in [-0.2, 0) is 19.1 Å². The van der Waals surface area contributed by atoms with Crippen LogP contribution in [0.2, 0.25) is 0 Å². The summed E-state index contributed by atoms with van der Waals surface area (Å²) in [4.78, 5) is 31.5. The zero-order valence-corrected chi connectivity index (χ0v) is 27.1. The third kappa shape index (κ3) is 49.4. The Morgan fingerprint density at radius 1 is 0.400 bits per heavy atom. The van der Waals surface area contributed by atoms with E-state index in [0.29, 0.717) is 25.9 Å². The number of esters is 1. The molecule has 0 aliphatic rings. The lowest BCUT2D eigenvalue weighted by atomic mass is 10.1. The number of hydrogen-bond donors (Lipinski definition) is 2. The van der Waals surface area contributed by atoms with Crippen molar-refractivity contribution in [2.75, 3.05) is 6.61 Å². The van der Waals surface area contributed by atoms with Crippen LogP contribution in [0.4, 0.5) is 0 Å². The van der Waals surface area contributed by atoms with Gasteiger partial charge in [-0.15, -0.1) is 0 Å². The van der Waals surface area contributed by atoms with E-state index in [4.69, 9.17) is 14.9 Å². The predicted molar refractivity (Wildman–Crippen MR) is 169 cm³/mol. The van der Waals surface area contributed by atoms with Crippen LogP contribution < -0.4 is 0 Å². The third-order valence-electron chi connectivity index (χ3n) is 6.73. The molecule has 40 heavy (non-hydrogen) atoms. The smallest absolute Gasteiger partial charge is 0.305 e. The number of ether oxygens (including phenoxy) is 1. The van der Waals surface area contributed by atoms with E-state index in [0.717, 1.165) is 38.5 Å². The number of aliphatic carboxylic acids is 2. The summed E-state index contributed by atoms with van der Waals surface area (Å²) in [7, 11) is 0. The standard InChI is InChI=1S/C18H36O2.2C8H16O2/c1-3-5-7-9-10-11-13-15-17-20-18(19)16-14-12-8-6-4-2;2*1-2-3-4-5-6-7-8(9)10/h3-17H2,1-2H3;2*2-7H2,1H3,(H,9,10). The molecule has 0 bridgehead atoms. The molecule has 0 heterocycles. The first-order valence-corrected chi connectivity index (χ1v) is 16.9. The van der Waals surface area contributed by atoms with E-state index in [2.05, 4.69) is 27.7 Å². The van der Waals surface area contributed by atoms with Crippen molar-refractivity contribution in [3.8, 4) is 0 Å². The second-order valence-corrected chi connectivity index (χ2v) is 11.0. The second-order valence-electron chi connectivity index (χ2n) is 11.0. The van der Waals surface area contributed by atoms with E-state index in [1.54, 1.807) is 0 Å². The van der Waals surface area contributed by atoms with E-state index in [-0.39, 0.29) is 5.97 Å². The van der Waals surface area contributed by atoms with Gasteiger partial charge in [-0.05, 0) is 25.7 Å². The normalized spacial score (nSPS) is 10.2. The summed E-state index contributed by atoms with van der Waals surface area (Å²) >= 11 is 0. The van der Waals surface area contributed by atoms with Crippen molar-refractivity contribution < 1.29 is 29.3 Å². The molecule has 240 valence electrons. The highest BCUT2D eigenvalue weighted by molar-refractivity contribution is 5.69. The maximum absolute atomic E-state index is 11.5. The Hall–Kier alpha value is -1.59. The topological polar surface area (TPSA) is 101 Å². The summed E-state index contributed by atoms with van der Waals surface area (Å²) in [5.74, 6) is -1.34. The molecule has 0 saturated carbocycles. The van der Waals surface area contributed by atoms with Gasteiger partial charge >= 0.3 is 17.9 Å². The maximum Gasteiger partial charge on any atom is 0.305 e. The SMILES string of the molecule is CCCCCCCC(=O)O.CCCCCCCC(=O)O.CCCCCCCCCCOC(=O)CCCCCCC. The quantitative estimate of drug-likeness (QED) is 0.0749. The van der Waals surface area contributed by atoms with Gasteiger partial charge in [-0.2, -0.15) is 0 Å². The summed E-state index contributed by atoms with van der Waals surface area (Å²) in [6, 6.07) is 0. The molecule has 0 spiro atoms. The van der Waals surface area contributed by atoms with Crippen LogP contribution in [0.3, 0.4) is 0 Å². The highest BCUT2D eigenvalue weighted by atomic mass is 16.5. The molecular weight excluding hydrogens is 504 g/mol. The average Bonchev–Trinajstić information content (AvgIpc) is 2.92. The summed E-state index contributed by atoms with van der Waals surface area (Å²) in [5, 5.41) is 16.5. The van der Waals surface area contributed by atoms with Crippen molar-refractivity contribution in [1.82, 2.24) is 0 Å². The van der Waals surface area contributed by atoms with Crippen LogP contribution in [-0.4, -0.2) is 34.7 Å². The van der Waals surface area contributed by atoms with Gasteiger partial charge < -0.3 is 14.9 Å². The fourth-order valence-electron chi connectivity index (χ4n) is 4.13. The number of hydrogen-bond acceptors (Lipinski definition) is 4. The Morgan fingerprint density at radius 3 is 1.00 bits per heavy atom. The van der Waals surface area contributed by atoms with Gasteiger partial charge in [0.2, 0.25) is 0 Å². The van der Waals surface area contributed by atoms with Gasteiger partial charge in [0.15, 0.2) is 0 Å². The number of carboxylic acids is 2. The zero-order chi connectivity index (χ0) is 30.5. The number of unbranched alkanes of at least 4 members (excludes halogenated alkanes) is 19. The van der Waals surface area contributed by atoms with Gasteiger partial charge in [0.05, 0.1) is 6.61 Å². The Kier molecular flexibility index (Phi) is 42.4. The molecule has 2 N–H and O–H groups in total. The first-order chi connectivity index (χ1) is 19.3. The zero-order valence-electron chi connectivity index (χ0n) is 27.1. The first-order valence-electron chi connectivity index (χ1n) is 16.9. The minimum atomic E-state index is -0.670. The fraction of sp³-hybridized carbons (Fsp3) is 0.912. The molecular formula is C34H68O6. The minimum absolute atomic E-state index is 0.00412. The second kappa shape index (κ2) is 39.6. The van der Waals surface area contributed by atoms with E-state index in [1.807, 2.05) is 0 Å². The number of carboxylic acid groups (broad SMARTS) is 2. The van der Waals surface area contributed by atoms with Crippen LogP contribution in [0, 0.1) is 0 Å². The molecule has 0 rings (SSSR count). The molecule has 0 aromatic rings. The maximum atomic E-state index is 11.5. The number of carbonyl (C=O) groups is 3. The van der Waals surface area contributed by atoms with Crippen LogP contribution in [0.1, 0.15) is 195 Å². The van der Waals surface area contributed by atoms with Crippen LogP contribution in [0.15, 0.2) is 0 Å². The van der Waals surface area contributed by atoms with Crippen molar-refractivity contribution in [3.05, 3.63) is 0 Å². The largest absolute Gasteiger partial charge is 0.481 e. The molecule has 0 radical (unpaired) electrons. The molecule has 0 unspecified atom stereocenters. The Bertz CT molecular complexity index is 497.